The van der Waals surface area contributed by atoms with E-state index in [1.165, 1.54) is 0 Å². The number of aromatic nitrogens is 5. The summed E-state index contributed by atoms with van der Waals surface area (Å²) < 4.78 is 9.61. The maximum atomic E-state index is 5.67. The fourth-order valence-electron chi connectivity index (χ4n) is 2.40. The molecule has 9 heteroatoms. The summed E-state index contributed by atoms with van der Waals surface area (Å²) in [6, 6.07) is 0. The monoisotopic (exact) mass is 348 g/mol. The summed E-state index contributed by atoms with van der Waals surface area (Å²) >= 11 is 0. The van der Waals surface area contributed by atoms with Gasteiger partial charge in [-0.1, -0.05) is 12.1 Å². The van der Waals surface area contributed by atoms with E-state index in [9.17, 15) is 0 Å². The predicted octanol–water partition coefficient (Wildman–Crippen LogP) is 1.38. The summed E-state index contributed by atoms with van der Waals surface area (Å²) in [7, 11) is 0. The van der Waals surface area contributed by atoms with E-state index in [2.05, 4.69) is 32.1 Å². The van der Waals surface area contributed by atoms with Gasteiger partial charge >= 0.3 is 0 Å². The Labute approximate surface area is 142 Å². The zero-order valence-corrected chi connectivity index (χ0v) is 14.1. The highest BCUT2D eigenvalue weighted by Gasteiger charge is 2.16. The fourth-order valence-corrected chi connectivity index (χ4v) is 2.40. The molecule has 0 radical (unpaired) electrons. The van der Waals surface area contributed by atoms with Gasteiger partial charge in [0.05, 0.1) is 25.5 Å². The van der Waals surface area contributed by atoms with E-state index in [0.717, 1.165) is 44.2 Å². The summed E-state index contributed by atoms with van der Waals surface area (Å²) in [5.41, 5.74) is 0.812. The minimum Gasteiger partial charge on any atom is -0.374 e. The number of halogens is 2. The molecule has 1 saturated heterocycles. The molecule has 22 heavy (non-hydrogen) atoms. The Morgan fingerprint density at radius 3 is 3.00 bits per heavy atom. The first kappa shape index (κ1) is 18.9. The molecule has 2 aromatic rings. The Kier molecular flexibility index (Phi) is 7.81. The largest absolute Gasteiger partial charge is 0.374 e. The number of nitrogens with one attached hydrogen (secondary N) is 1. The molecule has 0 spiro atoms. The van der Waals surface area contributed by atoms with Crippen molar-refractivity contribution in [3.63, 3.8) is 0 Å². The number of aryl methyl sites for hydroxylation is 1. The smallest absolute Gasteiger partial charge is 0.162 e. The molecule has 1 atom stereocenters. The van der Waals surface area contributed by atoms with Crippen molar-refractivity contribution in [1.29, 1.82) is 0 Å². The van der Waals surface area contributed by atoms with Crippen LogP contribution in [0.25, 0.3) is 11.5 Å². The molecule has 1 N–H and O–H groups in total. The predicted molar refractivity (Wildman–Crippen MR) is 88.6 cm³/mol. The van der Waals surface area contributed by atoms with Crippen molar-refractivity contribution < 1.29 is 4.74 Å². The van der Waals surface area contributed by atoms with Gasteiger partial charge in [0.25, 0.3) is 0 Å². The van der Waals surface area contributed by atoms with Crippen LogP contribution in [0.3, 0.4) is 0 Å². The number of ether oxygens (including phenoxy) is 1. The van der Waals surface area contributed by atoms with Gasteiger partial charge < -0.3 is 14.6 Å². The Balaban J connectivity index is 0.00000121. The van der Waals surface area contributed by atoms with Gasteiger partial charge in [0.2, 0.25) is 0 Å². The van der Waals surface area contributed by atoms with E-state index in [1.807, 2.05) is 17.1 Å². The third-order valence-electron chi connectivity index (χ3n) is 3.34. The normalized spacial score (nSPS) is 17.6. The third kappa shape index (κ3) is 4.42. The van der Waals surface area contributed by atoms with Crippen LogP contribution >= 0.6 is 24.8 Å². The summed E-state index contributed by atoms with van der Waals surface area (Å²) in [5, 5.41) is 11.7. The van der Waals surface area contributed by atoms with E-state index in [4.69, 9.17) is 4.74 Å². The summed E-state index contributed by atoms with van der Waals surface area (Å²) in [5.74, 6) is 0.876. The average Bonchev–Trinajstić information content (AvgIpc) is 3.09. The van der Waals surface area contributed by atoms with Crippen LogP contribution in [0.1, 0.15) is 13.3 Å². The average molecular weight is 349 g/mol. The Morgan fingerprint density at radius 2 is 2.27 bits per heavy atom. The van der Waals surface area contributed by atoms with Gasteiger partial charge in [0, 0.05) is 32.0 Å². The lowest BCUT2D eigenvalue weighted by atomic mass is 10.3. The number of imidazole rings is 1. The molecule has 0 aliphatic carbocycles. The second-order valence-electron chi connectivity index (χ2n) is 4.97. The van der Waals surface area contributed by atoms with E-state index in [-0.39, 0.29) is 30.9 Å². The van der Waals surface area contributed by atoms with Crippen LogP contribution in [-0.4, -0.2) is 50.3 Å². The molecule has 0 saturated carbocycles. The topological polar surface area (TPSA) is 69.8 Å². The summed E-state index contributed by atoms with van der Waals surface area (Å²) in [4.78, 5) is 4.37. The van der Waals surface area contributed by atoms with Crippen molar-refractivity contribution in [2.75, 3.05) is 19.7 Å². The van der Waals surface area contributed by atoms with Crippen molar-refractivity contribution in [1.82, 2.24) is 29.9 Å². The van der Waals surface area contributed by atoms with Crippen LogP contribution in [-0.2, 0) is 17.8 Å². The van der Waals surface area contributed by atoms with Gasteiger partial charge in [-0.2, -0.15) is 0 Å². The molecule has 1 unspecified atom stereocenters. The highest BCUT2D eigenvalue weighted by molar-refractivity contribution is 5.85. The molecule has 0 bridgehead atoms. The Hall–Kier alpha value is -1.15. The number of hydrogen-bond acceptors (Lipinski definition) is 5. The van der Waals surface area contributed by atoms with Crippen molar-refractivity contribution >= 4 is 24.8 Å². The minimum absolute atomic E-state index is 0. The zero-order valence-electron chi connectivity index (χ0n) is 12.5. The highest BCUT2D eigenvalue weighted by Crippen LogP contribution is 2.14. The Morgan fingerprint density at radius 1 is 1.41 bits per heavy atom. The van der Waals surface area contributed by atoms with Gasteiger partial charge in [0.1, 0.15) is 5.69 Å². The second kappa shape index (κ2) is 9.09. The van der Waals surface area contributed by atoms with Crippen LogP contribution in [0, 0.1) is 0 Å². The minimum atomic E-state index is 0. The molecule has 2 aromatic heterocycles. The molecule has 7 nitrogen and oxygen atoms in total. The third-order valence-corrected chi connectivity index (χ3v) is 3.34. The Bertz CT molecular complexity index is 552. The molecule has 0 aromatic carbocycles. The molecule has 1 fully saturated rings. The van der Waals surface area contributed by atoms with Gasteiger partial charge in [-0.3, -0.25) is 0 Å². The van der Waals surface area contributed by atoms with Crippen LogP contribution in [0.15, 0.2) is 18.6 Å². The van der Waals surface area contributed by atoms with Crippen molar-refractivity contribution in [3.8, 4) is 11.5 Å². The molecule has 3 rings (SSSR count). The molecular weight excluding hydrogens is 327 g/mol. The second-order valence-corrected chi connectivity index (χ2v) is 4.97. The number of nitrogens with zero attached hydrogens (tertiary/aromatic N) is 5. The lowest BCUT2D eigenvalue weighted by Crippen LogP contribution is -2.40. The lowest BCUT2D eigenvalue weighted by molar-refractivity contribution is 0.0158. The SMILES string of the molecule is CCCn1ccnc1-c1cn(CC2CNCCO2)nn1.Cl.Cl. The lowest BCUT2D eigenvalue weighted by Gasteiger charge is -2.23. The van der Waals surface area contributed by atoms with Crippen molar-refractivity contribution in [2.24, 2.45) is 0 Å². The molecular formula is C13H22Cl2N6O. The number of hydrogen-bond donors (Lipinski definition) is 1. The van der Waals surface area contributed by atoms with E-state index in [1.54, 1.807) is 6.20 Å². The fraction of sp³-hybridized carbons (Fsp3) is 0.615. The molecule has 1 aliphatic heterocycles. The maximum absolute atomic E-state index is 5.67. The first-order valence-corrected chi connectivity index (χ1v) is 7.10. The van der Waals surface area contributed by atoms with Crippen LogP contribution in [0.4, 0.5) is 0 Å². The maximum Gasteiger partial charge on any atom is 0.162 e. The van der Waals surface area contributed by atoms with Crippen LogP contribution in [0.2, 0.25) is 0 Å². The molecule has 124 valence electrons. The standard InChI is InChI=1S/C13H20N6O.2ClH/c1-2-5-18-6-3-15-13(18)12-10-19(17-16-12)9-11-8-14-4-7-20-11;;/h3,6,10-11,14H,2,4-5,7-9H2,1H3;2*1H. The summed E-state index contributed by atoms with van der Waals surface area (Å²) in [6.07, 6.45) is 6.95. The van der Waals surface area contributed by atoms with E-state index < -0.39 is 0 Å². The van der Waals surface area contributed by atoms with Gasteiger partial charge in [-0.05, 0) is 6.42 Å². The van der Waals surface area contributed by atoms with Crippen LogP contribution < -0.4 is 5.32 Å². The first-order chi connectivity index (χ1) is 9.86. The molecule has 3 heterocycles. The number of morpholine rings is 1. The zero-order chi connectivity index (χ0) is 13.8. The summed E-state index contributed by atoms with van der Waals surface area (Å²) in [6.45, 7) is 6.35. The van der Waals surface area contributed by atoms with Crippen LogP contribution in [0.5, 0.6) is 0 Å². The number of rotatable bonds is 5. The van der Waals surface area contributed by atoms with Gasteiger partial charge in [-0.15, -0.1) is 29.9 Å². The van der Waals surface area contributed by atoms with Crippen molar-refractivity contribution in [3.05, 3.63) is 18.6 Å². The van der Waals surface area contributed by atoms with Crippen molar-refractivity contribution in [2.45, 2.75) is 32.5 Å². The quantitative estimate of drug-likeness (QED) is 0.883. The van der Waals surface area contributed by atoms with E-state index in [0.29, 0.717) is 6.54 Å². The van der Waals surface area contributed by atoms with Gasteiger partial charge in [0.15, 0.2) is 5.82 Å². The molecule has 0 amide bonds. The highest BCUT2D eigenvalue weighted by atomic mass is 35.5. The molecule has 1 aliphatic rings. The van der Waals surface area contributed by atoms with E-state index >= 15 is 0 Å². The first-order valence-electron chi connectivity index (χ1n) is 7.10. The van der Waals surface area contributed by atoms with Gasteiger partial charge in [-0.25, -0.2) is 9.67 Å².